The maximum absolute atomic E-state index is 11.2. The first-order valence-electron chi connectivity index (χ1n) is 5.75. The highest BCUT2D eigenvalue weighted by Crippen LogP contribution is 2.27. The molecular weight excluding hydrogens is 192 g/mol. The van der Waals surface area contributed by atoms with Crippen LogP contribution in [0.1, 0.15) is 39.0 Å². The van der Waals surface area contributed by atoms with Crippen molar-refractivity contribution in [2.75, 3.05) is 13.6 Å². The fraction of sp³-hybridized carbons (Fsp3) is 0.909. The van der Waals surface area contributed by atoms with Crippen LogP contribution in [0.5, 0.6) is 0 Å². The molecule has 4 heteroatoms. The molecule has 1 aliphatic rings. The molecule has 15 heavy (non-hydrogen) atoms. The number of hydrogen-bond donors (Lipinski definition) is 3. The number of hydrogen-bond acceptors (Lipinski definition) is 3. The second-order valence-electron chi connectivity index (χ2n) is 4.50. The van der Waals surface area contributed by atoms with Crippen LogP contribution in [0.15, 0.2) is 0 Å². The third kappa shape index (κ3) is 3.80. The van der Waals surface area contributed by atoms with Gasteiger partial charge in [-0.25, -0.2) is 0 Å². The third-order valence-corrected chi connectivity index (χ3v) is 3.16. The summed E-state index contributed by atoms with van der Waals surface area (Å²) in [5, 5.41) is 15.8. The van der Waals surface area contributed by atoms with Gasteiger partial charge in [0.15, 0.2) is 0 Å². The largest absolute Gasteiger partial charge is 0.389 e. The molecule has 1 fully saturated rings. The molecule has 88 valence electrons. The van der Waals surface area contributed by atoms with E-state index < -0.39 is 5.60 Å². The molecule has 0 saturated heterocycles. The molecule has 1 aliphatic carbocycles. The van der Waals surface area contributed by atoms with Crippen molar-refractivity contribution in [3.05, 3.63) is 0 Å². The monoisotopic (exact) mass is 214 g/mol. The van der Waals surface area contributed by atoms with Gasteiger partial charge in [-0.05, 0) is 19.8 Å². The Morgan fingerprint density at radius 3 is 2.53 bits per heavy atom. The quantitative estimate of drug-likeness (QED) is 0.635. The zero-order valence-electron chi connectivity index (χ0n) is 9.68. The van der Waals surface area contributed by atoms with Crippen LogP contribution in [-0.4, -0.2) is 36.2 Å². The maximum atomic E-state index is 11.2. The van der Waals surface area contributed by atoms with Crippen LogP contribution in [0, 0.1) is 0 Å². The number of amides is 1. The van der Waals surface area contributed by atoms with Gasteiger partial charge >= 0.3 is 0 Å². The zero-order chi connectivity index (χ0) is 11.3. The van der Waals surface area contributed by atoms with Gasteiger partial charge in [0.05, 0.1) is 11.6 Å². The number of aliphatic hydroxyl groups is 1. The Bertz CT molecular complexity index is 213. The predicted molar refractivity (Wildman–Crippen MR) is 59.6 cm³/mol. The van der Waals surface area contributed by atoms with E-state index in [1.807, 2.05) is 6.92 Å². The van der Waals surface area contributed by atoms with Crippen molar-refractivity contribution in [3.8, 4) is 0 Å². The van der Waals surface area contributed by atoms with E-state index >= 15 is 0 Å². The summed E-state index contributed by atoms with van der Waals surface area (Å²) >= 11 is 0. The summed E-state index contributed by atoms with van der Waals surface area (Å²) in [6.07, 6.45) is 5.09. The molecular formula is C11H22N2O2. The molecule has 0 aromatic rings. The minimum Gasteiger partial charge on any atom is -0.389 e. The van der Waals surface area contributed by atoms with E-state index in [1.54, 1.807) is 7.05 Å². The number of carbonyl (C=O) groups is 1. The first kappa shape index (κ1) is 12.5. The molecule has 0 aromatic carbocycles. The van der Waals surface area contributed by atoms with Crippen molar-refractivity contribution >= 4 is 5.91 Å². The van der Waals surface area contributed by atoms with E-state index in [4.69, 9.17) is 0 Å². The van der Waals surface area contributed by atoms with Gasteiger partial charge in [-0.1, -0.05) is 19.3 Å². The van der Waals surface area contributed by atoms with Crippen molar-refractivity contribution in [2.24, 2.45) is 0 Å². The standard InChI is InChI=1S/C11H22N2O2/c1-9(10(14)12-2)13-8-11(15)6-4-3-5-7-11/h9,13,15H,3-8H2,1-2H3,(H,12,14). The highest BCUT2D eigenvalue weighted by Gasteiger charge is 2.29. The van der Waals surface area contributed by atoms with Gasteiger partial charge < -0.3 is 15.7 Å². The molecule has 0 bridgehead atoms. The fourth-order valence-corrected chi connectivity index (χ4v) is 2.04. The molecule has 1 saturated carbocycles. The smallest absolute Gasteiger partial charge is 0.236 e. The second-order valence-corrected chi connectivity index (χ2v) is 4.50. The maximum Gasteiger partial charge on any atom is 0.236 e. The molecule has 1 atom stereocenters. The first-order valence-corrected chi connectivity index (χ1v) is 5.75. The Hall–Kier alpha value is -0.610. The summed E-state index contributed by atoms with van der Waals surface area (Å²) in [6, 6.07) is -0.235. The molecule has 0 radical (unpaired) electrons. The van der Waals surface area contributed by atoms with E-state index in [0.29, 0.717) is 6.54 Å². The highest BCUT2D eigenvalue weighted by atomic mass is 16.3. The van der Waals surface area contributed by atoms with Gasteiger partial charge in [-0.2, -0.15) is 0 Å². The van der Waals surface area contributed by atoms with Crippen LogP contribution in [0.4, 0.5) is 0 Å². The van der Waals surface area contributed by atoms with Gasteiger partial charge in [-0.15, -0.1) is 0 Å². The average Bonchev–Trinajstić information content (AvgIpc) is 2.26. The topological polar surface area (TPSA) is 61.4 Å². The van der Waals surface area contributed by atoms with Crippen molar-refractivity contribution in [2.45, 2.75) is 50.7 Å². The summed E-state index contributed by atoms with van der Waals surface area (Å²) in [7, 11) is 1.62. The number of nitrogens with one attached hydrogen (secondary N) is 2. The van der Waals surface area contributed by atoms with Crippen LogP contribution in [0.25, 0.3) is 0 Å². The molecule has 1 unspecified atom stereocenters. The molecule has 3 N–H and O–H groups in total. The lowest BCUT2D eigenvalue weighted by atomic mass is 9.85. The molecule has 0 heterocycles. The molecule has 0 aliphatic heterocycles. The van der Waals surface area contributed by atoms with E-state index in [0.717, 1.165) is 25.7 Å². The zero-order valence-corrected chi connectivity index (χ0v) is 9.68. The third-order valence-electron chi connectivity index (χ3n) is 3.16. The van der Waals surface area contributed by atoms with Crippen LogP contribution in [0.3, 0.4) is 0 Å². The minimum atomic E-state index is -0.597. The summed E-state index contributed by atoms with van der Waals surface area (Å²) in [5.41, 5.74) is -0.597. The molecule has 1 amide bonds. The SMILES string of the molecule is CNC(=O)C(C)NCC1(O)CCCCC1. The first-order chi connectivity index (χ1) is 7.07. The minimum absolute atomic E-state index is 0.0330. The van der Waals surface area contributed by atoms with E-state index in [1.165, 1.54) is 6.42 Å². The molecule has 1 rings (SSSR count). The predicted octanol–water partition coefficient (Wildman–Crippen LogP) is 0.406. The molecule has 0 aromatic heterocycles. The van der Waals surface area contributed by atoms with Crippen molar-refractivity contribution in [1.82, 2.24) is 10.6 Å². The van der Waals surface area contributed by atoms with Crippen LogP contribution >= 0.6 is 0 Å². The summed E-state index contributed by atoms with van der Waals surface area (Å²) in [5.74, 6) is -0.0330. The second kappa shape index (κ2) is 5.47. The van der Waals surface area contributed by atoms with Crippen molar-refractivity contribution in [1.29, 1.82) is 0 Å². The molecule has 4 nitrogen and oxygen atoms in total. The Kier molecular flexibility index (Phi) is 4.54. The number of likely N-dealkylation sites (N-methyl/N-ethyl adjacent to an activating group) is 1. The summed E-state index contributed by atoms with van der Waals surface area (Å²) < 4.78 is 0. The van der Waals surface area contributed by atoms with Crippen molar-refractivity contribution in [3.63, 3.8) is 0 Å². The number of carbonyl (C=O) groups excluding carboxylic acids is 1. The fourth-order valence-electron chi connectivity index (χ4n) is 2.04. The molecule has 0 spiro atoms. The number of rotatable bonds is 4. The highest BCUT2D eigenvalue weighted by molar-refractivity contribution is 5.80. The summed E-state index contributed by atoms with van der Waals surface area (Å²) in [6.45, 7) is 2.33. The Morgan fingerprint density at radius 1 is 1.40 bits per heavy atom. The van der Waals surface area contributed by atoms with Crippen LogP contribution < -0.4 is 10.6 Å². The van der Waals surface area contributed by atoms with Crippen molar-refractivity contribution < 1.29 is 9.90 Å². The lowest BCUT2D eigenvalue weighted by Gasteiger charge is -2.33. The Morgan fingerprint density at radius 2 is 2.00 bits per heavy atom. The lowest BCUT2D eigenvalue weighted by Crippen LogP contribution is -2.49. The van der Waals surface area contributed by atoms with Crippen LogP contribution in [0.2, 0.25) is 0 Å². The van der Waals surface area contributed by atoms with Gasteiger partial charge in [0.2, 0.25) is 5.91 Å². The average molecular weight is 214 g/mol. The van der Waals surface area contributed by atoms with Gasteiger partial charge in [0, 0.05) is 13.6 Å². The normalized spacial score (nSPS) is 22.1. The van der Waals surface area contributed by atoms with Gasteiger partial charge in [0.1, 0.15) is 0 Å². The van der Waals surface area contributed by atoms with Gasteiger partial charge in [-0.3, -0.25) is 4.79 Å². The van der Waals surface area contributed by atoms with Crippen LogP contribution in [-0.2, 0) is 4.79 Å². The Balaban J connectivity index is 2.31. The van der Waals surface area contributed by atoms with E-state index in [9.17, 15) is 9.90 Å². The Labute approximate surface area is 91.4 Å². The van der Waals surface area contributed by atoms with E-state index in [2.05, 4.69) is 10.6 Å². The summed E-state index contributed by atoms with van der Waals surface area (Å²) in [4.78, 5) is 11.2. The van der Waals surface area contributed by atoms with E-state index in [-0.39, 0.29) is 11.9 Å². The lowest BCUT2D eigenvalue weighted by molar-refractivity contribution is -0.122. The van der Waals surface area contributed by atoms with Gasteiger partial charge in [0.25, 0.3) is 0 Å².